The largest absolute Gasteiger partial charge is 0.354 e. The molecule has 166 valence electrons. The van der Waals surface area contributed by atoms with E-state index in [1.54, 1.807) is 0 Å². The van der Waals surface area contributed by atoms with E-state index in [9.17, 15) is 9.59 Å². The molecule has 0 saturated carbocycles. The van der Waals surface area contributed by atoms with Gasteiger partial charge in [-0.15, -0.1) is 0 Å². The van der Waals surface area contributed by atoms with Crippen molar-refractivity contribution >= 4 is 11.9 Å². The summed E-state index contributed by atoms with van der Waals surface area (Å²) in [4.78, 5) is 24.5. The zero-order valence-corrected chi connectivity index (χ0v) is 19.9. The fourth-order valence-corrected chi connectivity index (χ4v) is 2.31. The molecule has 0 atom stereocenters. The average Bonchev–Trinajstić information content (AvgIpc) is 2.91. The molecule has 0 spiro atoms. The molecular weight excluding hydrogens is 352 g/mol. The van der Waals surface area contributed by atoms with Crippen LogP contribution >= 0.6 is 0 Å². The lowest BCUT2D eigenvalue weighted by Gasteiger charge is -2.22. The summed E-state index contributed by atoms with van der Waals surface area (Å²) in [5.74, 6) is 0.116. The summed E-state index contributed by atoms with van der Waals surface area (Å²) in [6.07, 6.45) is 2.22. The van der Waals surface area contributed by atoms with Crippen molar-refractivity contribution in [2.75, 3.05) is 39.3 Å². The zero-order chi connectivity index (χ0) is 22.0. The first kappa shape index (κ1) is 26.7. The third-order valence-electron chi connectivity index (χ3n) is 4.40. The molecule has 0 aromatic heterocycles. The van der Waals surface area contributed by atoms with Gasteiger partial charge >= 0.3 is 6.03 Å². The highest BCUT2D eigenvalue weighted by molar-refractivity contribution is 5.81. The van der Waals surface area contributed by atoms with Gasteiger partial charge in [0.25, 0.3) is 0 Å². The predicted octanol–water partition coefficient (Wildman–Crippen LogP) is 3.62. The number of nitrogens with zero attached hydrogens (tertiary/aromatic N) is 1. The van der Waals surface area contributed by atoms with Gasteiger partial charge in [0, 0.05) is 38.1 Å². The Morgan fingerprint density at radius 2 is 1.50 bits per heavy atom. The second-order valence-corrected chi connectivity index (χ2v) is 11.1. The highest BCUT2D eigenvalue weighted by Crippen LogP contribution is 2.19. The number of rotatable bonds is 7. The quantitative estimate of drug-likeness (QED) is 0.574. The summed E-state index contributed by atoms with van der Waals surface area (Å²) in [5, 5.41) is 9.05. The smallest absolute Gasteiger partial charge is 0.317 e. The van der Waals surface area contributed by atoms with Crippen LogP contribution < -0.4 is 16.0 Å². The van der Waals surface area contributed by atoms with Crippen molar-refractivity contribution in [3.05, 3.63) is 0 Å². The highest BCUT2D eigenvalue weighted by atomic mass is 16.2. The third kappa shape index (κ3) is 14.7. The van der Waals surface area contributed by atoms with Gasteiger partial charge in [-0.05, 0) is 30.2 Å². The van der Waals surface area contributed by atoms with Gasteiger partial charge in [0.1, 0.15) is 0 Å². The minimum Gasteiger partial charge on any atom is -0.354 e. The number of nitrogens with one attached hydrogen (secondary N) is 3. The Bertz CT molecular complexity index is 470. The van der Waals surface area contributed by atoms with E-state index in [1.165, 1.54) is 0 Å². The van der Waals surface area contributed by atoms with Crippen LogP contribution in [-0.2, 0) is 4.79 Å². The Morgan fingerprint density at radius 3 is 1.93 bits per heavy atom. The van der Waals surface area contributed by atoms with Crippen molar-refractivity contribution in [2.24, 2.45) is 16.2 Å². The van der Waals surface area contributed by atoms with Crippen LogP contribution in [0.3, 0.4) is 0 Å². The van der Waals surface area contributed by atoms with Gasteiger partial charge in [-0.2, -0.15) is 0 Å². The van der Waals surface area contributed by atoms with Crippen LogP contribution in [0.25, 0.3) is 0 Å². The van der Waals surface area contributed by atoms with Crippen molar-refractivity contribution in [2.45, 2.75) is 75.2 Å². The first-order chi connectivity index (χ1) is 12.6. The van der Waals surface area contributed by atoms with E-state index in [0.717, 1.165) is 45.6 Å². The molecule has 0 aromatic carbocycles. The van der Waals surface area contributed by atoms with E-state index in [0.29, 0.717) is 17.4 Å². The van der Waals surface area contributed by atoms with Crippen molar-refractivity contribution < 1.29 is 9.59 Å². The van der Waals surface area contributed by atoms with Gasteiger partial charge in [-0.25, -0.2) is 4.79 Å². The molecule has 0 bridgehead atoms. The highest BCUT2D eigenvalue weighted by Gasteiger charge is 2.21. The van der Waals surface area contributed by atoms with Gasteiger partial charge in [0.2, 0.25) is 5.91 Å². The number of hydrogen-bond acceptors (Lipinski definition) is 3. The normalized spacial score (nSPS) is 15.0. The topological polar surface area (TPSA) is 73.5 Å². The van der Waals surface area contributed by atoms with Crippen molar-refractivity contribution in [3.8, 4) is 0 Å². The first-order valence-electron chi connectivity index (χ1n) is 10.6. The molecule has 1 fully saturated rings. The summed E-state index contributed by atoms with van der Waals surface area (Å²) in [6.45, 7) is 24.2. The van der Waals surface area contributed by atoms with Crippen molar-refractivity contribution in [1.29, 1.82) is 0 Å². The Hall–Kier alpha value is -1.30. The molecule has 1 aliphatic heterocycles. The predicted molar refractivity (Wildman–Crippen MR) is 118 cm³/mol. The summed E-state index contributed by atoms with van der Waals surface area (Å²) in [7, 11) is 0. The molecule has 0 aromatic rings. The fourth-order valence-electron chi connectivity index (χ4n) is 2.31. The van der Waals surface area contributed by atoms with Crippen LogP contribution in [0, 0.1) is 16.2 Å². The summed E-state index contributed by atoms with van der Waals surface area (Å²) in [5.41, 5.74) is 0.413. The van der Waals surface area contributed by atoms with Crippen LogP contribution in [0.15, 0.2) is 0 Å². The van der Waals surface area contributed by atoms with Crippen LogP contribution in [0.4, 0.5) is 4.79 Å². The van der Waals surface area contributed by atoms with Gasteiger partial charge < -0.3 is 20.9 Å². The van der Waals surface area contributed by atoms with Crippen molar-refractivity contribution in [1.82, 2.24) is 20.9 Å². The maximum atomic E-state index is 11.5. The van der Waals surface area contributed by atoms with E-state index in [1.807, 2.05) is 25.7 Å². The fraction of sp³-hybridized carbons (Fsp3) is 0.909. The summed E-state index contributed by atoms with van der Waals surface area (Å²) in [6, 6.07) is 0.0965. The molecule has 1 heterocycles. The van der Waals surface area contributed by atoms with Gasteiger partial charge in [0.05, 0.1) is 0 Å². The van der Waals surface area contributed by atoms with Gasteiger partial charge in [-0.1, -0.05) is 62.3 Å². The van der Waals surface area contributed by atoms with Gasteiger partial charge in [0.15, 0.2) is 0 Å². The molecule has 0 unspecified atom stereocenters. The van der Waals surface area contributed by atoms with Crippen LogP contribution in [0.1, 0.15) is 75.2 Å². The van der Waals surface area contributed by atoms with Crippen molar-refractivity contribution in [3.63, 3.8) is 0 Å². The number of amides is 3. The lowest BCUT2D eigenvalue weighted by atomic mass is 9.92. The Kier molecular flexibility index (Phi) is 11.1. The van der Waals surface area contributed by atoms with E-state index in [4.69, 9.17) is 0 Å². The Balaban J connectivity index is 0.000000540. The molecule has 1 aliphatic rings. The maximum absolute atomic E-state index is 11.5. The Morgan fingerprint density at radius 1 is 0.929 bits per heavy atom. The van der Waals surface area contributed by atoms with Crippen LogP contribution in [0.2, 0.25) is 0 Å². The maximum Gasteiger partial charge on any atom is 0.317 e. The molecule has 0 radical (unpaired) electrons. The zero-order valence-electron chi connectivity index (χ0n) is 19.9. The molecule has 0 aliphatic carbocycles. The molecule has 6 heteroatoms. The molecule has 1 saturated heterocycles. The molecule has 6 nitrogen and oxygen atoms in total. The molecule has 1 rings (SSSR count). The lowest BCUT2D eigenvalue weighted by Crippen LogP contribution is -2.39. The molecule has 3 amide bonds. The van der Waals surface area contributed by atoms with E-state index in [2.05, 4.69) is 57.5 Å². The number of carbonyl (C=O) groups excluding carboxylic acids is 2. The molecule has 28 heavy (non-hydrogen) atoms. The third-order valence-corrected chi connectivity index (χ3v) is 4.40. The SMILES string of the molecule is CC(C)(C)CCN1CCNC1=O.CC(C)(C)CCNCCNC(=O)C(C)(C)C. The number of urea groups is 1. The monoisotopic (exact) mass is 398 g/mol. The van der Waals surface area contributed by atoms with E-state index in [-0.39, 0.29) is 17.4 Å². The van der Waals surface area contributed by atoms with E-state index < -0.39 is 0 Å². The second kappa shape index (κ2) is 11.6. The summed E-state index contributed by atoms with van der Waals surface area (Å²) < 4.78 is 0. The van der Waals surface area contributed by atoms with Gasteiger partial charge in [-0.3, -0.25) is 4.79 Å². The van der Waals surface area contributed by atoms with Crippen LogP contribution in [-0.4, -0.2) is 56.1 Å². The number of hydrogen-bond donors (Lipinski definition) is 3. The summed E-state index contributed by atoms with van der Waals surface area (Å²) >= 11 is 0. The second-order valence-electron chi connectivity index (χ2n) is 11.1. The minimum absolute atomic E-state index is 0.0965. The molecular formula is C22H46N4O2. The molecule has 3 N–H and O–H groups in total. The Labute approximate surface area is 173 Å². The standard InChI is InChI=1S/C13H28N2O.C9H18N2O/c1-12(2,3)7-8-14-9-10-15-11(16)13(4,5)6;1-9(2,3)4-6-11-7-5-10-8(11)12/h14H,7-10H2,1-6H3,(H,15,16);4-7H2,1-3H3,(H,10,12). The van der Waals surface area contributed by atoms with E-state index >= 15 is 0 Å². The van der Waals surface area contributed by atoms with Crippen LogP contribution in [0.5, 0.6) is 0 Å². The average molecular weight is 399 g/mol. The minimum atomic E-state index is -0.286. The number of carbonyl (C=O) groups is 2. The first-order valence-corrected chi connectivity index (χ1v) is 10.6. The lowest BCUT2D eigenvalue weighted by molar-refractivity contribution is -0.128.